The number of amides is 1. The lowest BCUT2D eigenvalue weighted by molar-refractivity contribution is -0.0455. The lowest BCUT2D eigenvalue weighted by Crippen LogP contribution is -2.48. The third kappa shape index (κ3) is 4.71. The van der Waals surface area contributed by atoms with Gasteiger partial charge in [-0.15, -0.1) is 0 Å². The molecule has 1 aliphatic heterocycles. The summed E-state index contributed by atoms with van der Waals surface area (Å²) in [6.45, 7) is 4.56. The van der Waals surface area contributed by atoms with Gasteiger partial charge in [-0.05, 0) is 20.8 Å². The van der Waals surface area contributed by atoms with E-state index in [9.17, 15) is 26.4 Å². The number of carbonyl (C=O) groups excluding carboxylic acids is 1. The molecule has 1 aliphatic rings. The fraction of sp³-hybridized carbons (Fsp3) is 0.909. The van der Waals surface area contributed by atoms with E-state index in [0.717, 1.165) is 4.90 Å². The fourth-order valence-corrected chi connectivity index (χ4v) is 2.63. The second kappa shape index (κ2) is 6.20. The minimum absolute atomic E-state index is 0.0730. The van der Waals surface area contributed by atoms with Gasteiger partial charge in [0.25, 0.3) is 0 Å². The number of nitrogens with zero attached hydrogens (tertiary/aromatic N) is 1. The maximum Gasteiger partial charge on any atom is 0.511 e. The molecule has 1 fully saturated rings. The molecule has 0 aromatic heterocycles. The van der Waals surface area contributed by atoms with Crippen LogP contribution >= 0.6 is 0 Å². The van der Waals surface area contributed by atoms with Crippen LogP contribution in [0.2, 0.25) is 0 Å². The Balaban J connectivity index is 2.81. The summed E-state index contributed by atoms with van der Waals surface area (Å²) in [5.41, 5.74) is -6.20. The number of carbonyl (C=O) groups is 1. The predicted octanol–water partition coefficient (Wildman–Crippen LogP) is 1.06. The molecule has 7 nitrogen and oxygen atoms in total. The molecule has 1 heterocycles. The molecule has 0 bridgehead atoms. The van der Waals surface area contributed by atoms with Crippen molar-refractivity contribution in [1.29, 1.82) is 0 Å². The highest BCUT2D eigenvalue weighted by molar-refractivity contribution is 7.90. The van der Waals surface area contributed by atoms with Crippen molar-refractivity contribution in [2.24, 2.45) is 0 Å². The summed E-state index contributed by atoms with van der Waals surface area (Å²) in [6, 6.07) is -1.20. The normalized spacial score (nSPS) is 23.7. The minimum atomic E-state index is -5.52. The van der Waals surface area contributed by atoms with Crippen LogP contribution in [0.3, 0.4) is 0 Å². The SMILES string of the molecule is CO[C@H]1CN(C(=O)OC(C)(C)C)C[C@@H]1NS(=O)(=O)C(F)(F)F. The molecule has 1 saturated heterocycles. The quantitative estimate of drug-likeness (QED) is 0.824. The first-order valence-electron chi connectivity index (χ1n) is 6.36. The van der Waals surface area contributed by atoms with Crippen LogP contribution in [0.1, 0.15) is 20.8 Å². The van der Waals surface area contributed by atoms with E-state index in [1.807, 2.05) is 0 Å². The fourth-order valence-electron chi connectivity index (χ4n) is 1.87. The molecule has 22 heavy (non-hydrogen) atoms. The van der Waals surface area contributed by atoms with Crippen LogP contribution < -0.4 is 4.72 Å². The first kappa shape index (κ1) is 19.0. The van der Waals surface area contributed by atoms with Crippen LogP contribution in [0.15, 0.2) is 0 Å². The van der Waals surface area contributed by atoms with Crippen LogP contribution in [-0.2, 0) is 19.5 Å². The topological polar surface area (TPSA) is 84.9 Å². The summed E-state index contributed by atoms with van der Waals surface area (Å²) in [4.78, 5) is 13.0. The summed E-state index contributed by atoms with van der Waals surface area (Å²) >= 11 is 0. The van der Waals surface area contributed by atoms with Crippen molar-refractivity contribution in [2.45, 2.75) is 44.0 Å². The van der Waals surface area contributed by atoms with Gasteiger partial charge in [-0.25, -0.2) is 13.2 Å². The van der Waals surface area contributed by atoms with Crippen LogP contribution in [-0.4, -0.2) is 62.9 Å². The van der Waals surface area contributed by atoms with Gasteiger partial charge >= 0.3 is 21.6 Å². The Hall–Kier alpha value is -1.07. The summed E-state index contributed by atoms with van der Waals surface area (Å²) in [5, 5.41) is 0. The van der Waals surface area contributed by atoms with Crippen molar-refractivity contribution in [1.82, 2.24) is 9.62 Å². The van der Waals surface area contributed by atoms with Gasteiger partial charge in [0.15, 0.2) is 0 Å². The Morgan fingerprint density at radius 1 is 1.23 bits per heavy atom. The van der Waals surface area contributed by atoms with Crippen LogP contribution in [0.25, 0.3) is 0 Å². The number of halogens is 3. The number of hydrogen-bond donors (Lipinski definition) is 1. The third-order valence-electron chi connectivity index (χ3n) is 2.83. The second-order valence-electron chi connectivity index (χ2n) is 5.83. The molecule has 0 aromatic carbocycles. The van der Waals surface area contributed by atoms with Crippen molar-refractivity contribution >= 4 is 16.1 Å². The van der Waals surface area contributed by atoms with E-state index in [-0.39, 0.29) is 13.1 Å². The highest BCUT2D eigenvalue weighted by atomic mass is 32.2. The number of ether oxygens (including phenoxy) is 2. The summed E-state index contributed by atoms with van der Waals surface area (Å²) in [5.74, 6) is 0. The molecule has 0 aliphatic carbocycles. The molecule has 1 amide bonds. The summed E-state index contributed by atoms with van der Waals surface area (Å²) in [6.07, 6.45) is -1.65. The number of likely N-dealkylation sites (tertiary alicyclic amines) is 1. The number of alkyl halides is 3. The Labute approximate surface area is 126 Å². The van der Waals surface area contributed by atoms with Crippen LogP contribution in [0.5, 0.6) is 0 Å². The molecule has 0 radical (unpaired) electrons. The molecule has 0 unspecified atom stereocenters. The molecule has 1 rings (SSSR count). The van der Waals surface area contributed by atoms with E-state index in [0.29, 0.717) is 0 Å². The van der Waals surface area contributed by atoms with Gasteiger partial charge in [0.2, 0.25) is 0 Å². The third-order valence-corrected chi connectivity index (χ3v) is 4.05. The zero-order valence-electron chi connectivity index (χ0n) is 12.6. The Morgan fingerprint density at radius 3 is 2.18 bits per heavy atom. The summed E-state index contributed by atoms with van der Waals surface area (Å²) in [7, 11) is -4.30. The number of nitrogens with one attached hydrogen (secondary N) is 1. The molecular weight excluding hydrogens is 329 g/mol. The lowest BCUT2D eigenvalue weighted by atomic mass is 10.2. The van der Waals surface area contributed by atoms with Gasteiger partial charge in [-0.3, -0.25) is 0 Å². The predicted molar refractivity (Wildman–Crippen MR) is 70.5 cm³/mol. The molecular formula is C11H19F3N2O5S. The van der Waals surface area contributed by atoms with Crippen LogP contribution in [0, 0.1) is 0 Å². The standard InChI is InChI=1S/C11H19F3N2O5S/c1-10(2,3)21-9(17)16-5-7(8(6-16)20-4)15-22(18,19)11(12,13)14/h7-8,15H,5-6H2,1-4H3/t7-,8-/m0/s1. The highest BCUT2D eigenvalue weighted by Crippen LogP contribution is 2.24. The Bertz CT molecular complexity index is 515. The number of methoxy groups -OCH3 is 1. The monoisotopic (exact) mass is 348 g/mol. The Kier molecular flexibility index (Phi) is 5.35. The lowest BCUT2D eigenvalue weighted by Gasteiger charge is -2.24. The smallest absolute Gasteiger partial charge is 0.444 e. The van der Waals surface area contributed by atoms with E-state index in [1.165, 1.54) is 11.8 Å². The van der Waals surface area contributed by atoms with Crippen molar-refractivity contribution in [3.63, 3.8) is 0 Å². The van der Waals surface area contributed by atoms with Gasteiger partial charge < -0.3 is 14.4 Å². The molecule has 2 atom stereocenters. The molecule has 0 aromatic rings. The first-order valence-corrected chi connectivity index (χ1v) is 7.84. The maximum atomic E-state index is 12.4. The first-order chi connectivity index (χ1) is 9.77. The summed E-state index contributed by atoms with van der Waals surface area (Å²) < 4.78 is 71.1. The maximum absolute atomic E-state index is 12.4. The van der Waals surface area contributed by atoms with E-state index in [4.69, 9.17) is 9.47 Å². The van der Waals surface area contributed by atoms with Gasteiger partial charge in [0.1, 0.15) is 5.60 Å². The van der Waals surface area contributed by atoms with Gasteiger partial charge in [0, 0.05) is 13.7 Å². The van der Waals surface area contributed by atoms with E-state index < -0.39 is 39.4 Å². The Morgan fingerprint density at radius 2 is 1.77 bits per heavy atom. The number of rotatable bonds is 3. The van der Waals surface area contributed by atoms with Gasteiger partial charge in [-0.1, -0.05) is 0 Å². The van der Waals surface area contributed by atoms with Crippen molar-refractivity contribution in [3.8, 4) is 0 Å². The second-order valence-corrected chi connectivity index (χ2v) is 7.54. The van der Waals surface area contributed by atoms with Crippen molar-refractivity contribution in [2.75, 3.05) is 20.2 Å². The van der Waals surface area contributed by atoms with Crippen molar-refractivity contribution in [3.05, 3.63) is 0 Å². The van der Waals surface area contributed by atoms with E-state index in [1.54, 1.807) is 20.8 Å². The van der Waals surface area contributed by atoms with Gasteiger partial charge in [-0.2, -0.15) is 17.9 Å². The van der Waals surface area contributed by atoms with E-state index in [2.05, 4.69) is 0 Å². The molecule has 130 valence electrons. The zero-order chi connectivity index (χ0) is 17.3. The average Bonchev–Trinajstić information content (AvgIpc) is 2.67. The average molecular weight is 348 g/mol. The van der Waals surface area contributed by atoms with Crippen LogP contribution in [0.4, 0.5) is 18.0 Å². The largest absolute Gasteiger partial charge is 0.511 e. The number of sulfonamides is 1. The van der Waals surface area contributed by atoms with Crippen molar-refractivity contribution < 1.29 is 35.9 Å². The molecule has 0 spiro atoms. The van der Waals surface area contributed by atoms with E-state index >= 15 is 0 Å². The molecule has 0 saturated carbocycles. The highest BCUT2D eigenvalue weighted by Gasteiger charge is 2.49. The van der Waals surface area contributed by atoms with Gasteiger partial charge in [0.05, 0.1) is 18.7 Å². The number of hydrogen-bond acceptors (Lipinski definition) is 5. The molecule has 11 heteroatoms. The zero-order valence-corrected chi connectivity index (χ0v) is 13.4. The minimum Gasteiger partial charge on any atom is -0.444 e. The molecule has 1 N–H and O–H groups in total.